The number of carbonyl (C=O) groups excluding carboxylic acids is 2. The van der Waals surface area contributed by atoms with Gasteiger partial charge in [-0.3, -0.25) is 0 Å². The molecule has 1 aromatic rings. The Balaban J connectivity index is 2.22. The maximum Gasteiger partial charge on any atom is 0.338 e. The summed E-state index contributed by atoms with van der Waals surface area (Å²) >= 11 is 0. The van der Waals surface area contributed by atoms with Gasteiger partial charge in [0.1, 0.15) is 5.75 Å². The van der Waals surface area contributed by atoms with Gasteiger partial charge in [0, 0.05) is 0 Å². The smallest absolute Gasteiger partial charge is 0.338 e. The maximum absolute atomic E-state index is 11.8. The second-order valence-electron chi connectivity index (χ2n) is 7.47. The number of rotatable bonds is 16. The third kappa shape index (κ3) is 10.9. The summed E-state index contributed by atoms with van der Waals surface area (Å²) in [7, 11) is 2.61. The van der Waals surface area contributed by atoms with Crippen LogP contribution in [0.3, 0.4) is 0 Å². The van der Waals surface area contributed by atoms with Crippen molar-refractivity contribution in [3.63, 3.8) is 0 Å². The highest BCUT2D eigenvalue weighted by atomic mass is 16.5. The molecule has 0 bridgehead atoms. The second-order valence-corrected chi connectivity index (χ2v) is 7.47. The van der Waals surface area contributed by atoms with E-state index in [-0.39, 0.29) is 11.1 Å². The number of unbranched alkanes of at least 4 members (excludes halogenated alkanes) is 11. The fraction of sp³-hybridized carbons (Fsp3) is 0.667. The molecule has 0 unspecified atom stereocenters. The number of methoxy groups -OCH3 is 2. The lowest BCUT2D eigenvalue weighted by molar-refractivity contribution is 0.0598. The first-order chi connectivity index (χ1) is 14.1. The van der Waals surface area contributed by atoms with Crippen molar-refractivity contribution in [2.24, 2.45) is 0 Å². The Morgan fingerprint density at radius 3 is 1.48 bits per heavy atom. The highest BCUT2D eigenvalue weighted by Crippen LogP contribution is 2.20. The number of hydrogen-bond donors (Lipinski definition) is 0. The number of benzene rings is 1. The van der Waals surface area contributed by atoms with E-state index < -0.39 is 11.9 Å². The molecular weight excluding hydrogens is 368 g/mol. The average Bonchev–Trinajstić information content (AvgIpc) is 2.75. The van der Waals surface area contributed by atoms with Crippen LogP contribution in [0.25, 0.3) is 0 Å². The van der Waals surface area contributed by atoms with Crippen LogP contribution in [-0.2, 0) is 9.47 Å². The molecular formula is C24H38O5. The molecule has 0 heterocycles. The Hall–Kier alpha value is -2.04. The third-order valence-corrected chi connectivity index (χ3v) is 5.02. The molecule has 5 nitrogen and oxygen atoms in total. The summed E-state index contributed by atoms with van der Waals surface area (Å²) in [6, 6.07) is 4.64. The molecule has 1 rings (SSSR count). The lowest BCUT2D eigenvalue weighted by Crippen LogP contribution is -2.08. The lowest BCUT2D eigenvalue weighted by Gasteiger charge is -2.10. The maximum atomic E-state index is 11.8. The van der Waals surface area contributed by atoms with Gasteiger partial charge in [-0.2, -0.15) is 0 Å². The van der Waals surface area contributed by atoms with E-state index in [1.165, 1.54) is 84.5 Å². The van der Waals surface area contributed by atoms with Gasteiger partial charge < -0.3 is 14.2 Å². The Kier molecular flexibility index (Phi) is 13.6. The molecule has 0 spiro atoms. The number of carbonyl (C=O) groups is 2. The third-order valence-electron chi connectivity index (χ3n) is 5.02. The minimum Gasteiger partial charge on any atom is -0.494 e. The summed E-state index contributed by atoms with van der Waals surface area (Å²) in [4.78, 5) is 23.6. The van der Waals surface area contributed by atoms with E-state index in [0.29, 0.717) is 12.4 Å². The predicted octanol–water partition coefficient (Wildman–Crippen LogP) is 6.34. The first kappa shape index (κ1) is 25.0. The van der Waals surface area contributed by atoms with Crippen molar-refractivity contribution in [1.82, 2.24) is 0 Å². The Morgan fingerprint density at radius 2 is 1.07 bits per heavy atom. The number of hydrogen-bond acceptors (Lipinski definition) is 5. The quantitative estimate of drug-likeness (QED) is 0.237. The van der Waals surface area contributed by atoms with Crippen molar-refractivity contribution in [3.05, 3.63) is 29.3 Å². The second kappa shape index (κ2) is 15.8. The van der Waals surface area contributed by atoms with Crippen LogP contribution in [0.4, 0.5) is 0 Å². The lowest BCUT2D eigenvalue weighted by atomic mass is 10.1. The highest BCUT2D eigenvalue weighted by molar-refractivity contribution is 5.96. The SMILES string of the molecule is CCCCCCCCCCCCCCOc1cc(C(=O)OC)cc(C(=O)OC)c1. The zero-order valence-corrected chi connectivity index (χ0v) is 18.5. The molecule has 29 heavy (non-hydrogen) atoms. The summed E-state index contributed by atoms with van der Waals surface area (Å²) in [5, 5.41) is 0. The van der Waals surface area contributed by atoms with Gasteiger partial charge in [0.25, 0.3) is 0 Å². The van der Waals surface area contributed by atoms with E-state index in [2.05, 4.69) is 6.92 Å². The van der Waals surface area contributed by atoms with Gasteiger partial charge in [0.15, 0.2) is 0 Å². The summed E-state index contributed by atoms with van der Waals surface area (Å²) in [6.45, 7) is 2.81. The zero-order valence-electron chi connectivity index (χ0n) is 18.5. The molecule has 0 atom stereocenters. The average molecular weight is 407 g/mol. The van der Waals surface area contributed by atoms with Crippen LogP contribution in [-0.4, -0.2) is 32.8 Å². The van der Waals surface area contributed by atoms with Gasteiger partial charge in [-0.15, -0.1) is 0 Å². The predicted molar refractivity (Wildman–Crippen MR) is 116 cm³/mol. The molecule has 0 aliphatic carbocycles. The first-order valence-corrected chi connectivity index (χ1v) is 11.1. The molecule has 0 radical (unpaired) electrons. The van der Waals surface area contributed by atoms with E-state index in [1.54, 1.807) is 12.1 Å². The van der Waals surface area contributed by atoms with Crippen LogP contribution in [0.15, 0.2) is 18.2 Å². The van der Waals surface area contributed by atoms with E-state index in [1.807, 2.05) is 0 Å². The Bertz CT molecular complexity index is 563. The molecule has 0 aromatic heterocycles. The molecule has 0 N–H and O–H groups in total. The molecule has 5 heteroatoms. The highest BCUT2D eigenvalue weighted by Gasteiger charge is 2.14. The molecule has 0 aliphatic heterocycles. The van der Waals surface area contributed by atoms with Gasteiger partial charge in [-0.1, -0.05) is 77.6 Å². The fourth-order valence-corrected chi connectivity index (χ4v) is 3.29. The molecule has 0 aliphatic rings. The Morgan fingerprint density at radius 1 is 0.655 bits per heavy atom. The van der Waals surface area contributed by atoms with Crippen molar-refractivity contribution in [2.45, 2.75) is 84.0 Å². The van der Waals surface area contributed by atoms with Crippen LogP contribution in [0, 0.1) is 0 Å². The van der Waals surface area contributed by atoms with Gasteiger partial charge >= 0.3 is 11.9 Å². The van der Waals surface area contributed by atoms with Crippen LogP contribution < -0.4 is 4.74 Å². The van der Waals surface area contributed by atoms with Gasteiger partial charge in [-0.05, 0) is 24.6 Å². The summed E-state index contributed by atoms with van der Waals surface area (Å²) in [5.41, 5.74) is 0.556. The number of ether oxygens (including phenoxy) is 3. The topological polar surface area (TPSA) is 61.8 Å². The standard InChI is InChI=1S/C24H38O5/c1-4-5-6-7-8-9-10-11-12-13-14-15-16-29-22-18-20(23(25)27-2)17-21(19-22)24(26)28-3/h17-19H,4-16H2,1-3H3. The molecule has 0 saturated heterocycles. The summed E-state index contributed by atoms with van der Waals surface area (Å²) in [5.74, 6) is -0.534. The fourth-order valence-electron chi connectivity index (χ4n) is 3.29. The molecule has 0 saturated carbocycles. The van der Waals surface area contributed by atoms with Crippen LogP contribution in [0.2, 0.25) is 0 Å². The molecule has 1 aromatic carbocycles. The van der Waals surface area contributed by atoms with Gasteiger partial charge in [-0.25, -0.2) is 9.59 Å². The Labute approximate surface area is 176 Å². The number of esters is 2. The minimum absolute atomic E-state index is 0.278. The van der Waals surface area contributed by atoms with E-state index >= 15 is 0 Å². The van der Waals surface area contributed by atoms with E-state index in [4.69, 9.17) is 14.2 Å². The largest absolute Gasteiger partial charge is 0.494 e. The van der Waals surface area contributed by atoms with Crippen molar-refractivity contribution in [1.29, 1.82) is 0 Å². The zero-order chi connectivity index (χ0) is 21.3. The van der Waals surface area contributed by atoms with Crippen molar-refractivity contribution in [2.75, 3.05) is 20.8 Å². The van der Waals surface area contributed by atoms with Crippen LogP contribution in [0.5, 0.6) is 5.75 Å². The summed E-state index contributed by atoms with van der Waals surface area (Å²) < 4.78 is 15.2. The van der Waals surface area contributed by atoms with Gasteiger partial charge in [0.2, 0.25) is 0 Å². The van der Waals surface area contributed by atoms with Crippen LogP contribution >= 0.6 is 0 Å². The van der Waals surface area contributed by atoms with E-state index in [0.717, 1.165) is 12.8 Å². The van der Waals surface area contributed by atoms with E-state index in [9.17, 15) is 9.59 Å². The molecule has 164 valence electrons. The minimum atomic E-state index is -0.508. The molecule has 0 amide bonds. The normalized spacial score (nSPS) is 10.6. The van der Waals surface area contributed by atoms with Crippen molar-refractivity contribution in [3.8, 4) is 5.75 Å². The first-order valence-electron chi connectivity index (χ1n) is 11.1. The molecule has 0 fully saturated rings. The van der Waals surface area contributed by atoms with Crippen LogP contribution in [0.1, 0.15) is 105 Å². The van der Waals surface area contributed by atoms with Crippen molar-refractivity contribution >= 4 is 11.9 Å². The summed E-state index contributed by atoms with van der Waals surface area (Å²) in [6.07, 6.45) is 15.4. The van der Waals surface area contributed by atoms with Crippen molar-refractivity contribution < 1.29 is 23.8 Å². The van der Waals surface area contributed by atoms with Gasteiger partial charge in [0.05, 0.1) is 32.0 Å². The monoisotopic (exact) mass is 406 g/mol.